The number of hydrogen-bond acceptors (Lipinski definition) is 6. The Morgan fingerprint density at radius 2 is 2.04 bits per heavy atom. The second-order valence-electron chi connectivity index (χ2n) is 5.71. The number of hydrogen-bond donors (Lipinski definition) is 0. The van der Waals surface area contributed by atoms with E-state index in [1.807, 2.05) is 12.2 Å². The molecular formula is C19H19ClN2O4. The van der Waals surface area contributed by atoms with E-state index >= 15 is 0 Å². The van der Waals surface area contributed by atoms with Crippen LogP contribution in [0.2, 0.25) is 0 Å². The highest BCUT2D eigenvalue weighted by molar-refractivity contribution is 6.22. The molecule has 26 heavy (non-hydrogen) atoms. The molecule has 136 valence electrons. The number of allylic oxidation sites excluding steroid dienone is 1. The van der Waals surface area contributed by atoms with E-state index in [2.05, 4.69) is 9.97 Å². The summed E-state index contributed by atoms with van der Waals surface area (Å²) in [6, 6.07) is 6.90. The first kappa shape index (κ1) is 18.2. The van der Waals surface area contributed by atoms with E-state index in [1.54, 1.807) is 44.3 Å². The van der Waals surface area contributed by atoms with Gasteiger partial charge in [-0.05, 0) is 44.2 Å². The Bertz CT molecular complexity index is 808. The van der Waals surface area contributed by atoms with Crippen molar-refractivity contribution in [3.63, 3.8) is 0 Å². The lowest BCUT2D eigenvalue weighted by molar-refractivity contribution is -0.150. The largest absolute Gasteiger partial charge is 0.479 e. The first-order valence-electron chi connectivity index (χ1n) is 8.34. The molecule has 2 aromatic rings. The third-order valence-corrected chi connectivity index (χ3v) is 3.99. The van der Waals surface area contributed by atoms with Crippen molar-refractivity contribution >= 4 is 23.6 Å². The van der Waals surface area contributed by atoms with Crippen LogP contribution in [-0.2, 0) is 16.0 Å². The fraction of sp³-hybridized carbons (Fsp3) is 0.316. The molecule has 0 saturated carbocycles. The maximum absolute atomic E-state index is 11.6. The lowest BCUT2D eigenvalue weighted by Crippen LogP contribution is -2.25. The van der Waals surface area contributed by atoms with Gasteiger partial charge in [0.15, 0.2) is 6.10 Å². The molecule has 1 aromatic heterocycles. The van der Waals surface area contributed by atoms with Crippen LogP contribution in [0.3, 0.4) is 0 Å². The molecule has 0 N–H and O–H groups in total. The van der Waals surface area contributed by atoms with Crippen molar-refractivity contribution in [2.75, 3.05) is 6.61 Å². The van der Waals surface area contributed by atoms with Crippen LogP contribution < -0.4 is 9.47 Å². The van der Waals surface area contributed by atoms with Crippen LogP contribution in [0.5, 0.6) is 17.4 Å². The van der Waals surface area contributed by atoms with Gasteiger partial charge in [0.25, 0.3) is 0 Å². The minimum absolute atomic E-state index is 0.0480. The van der Waals surface area contributed by atoms with Crippen LogP contribution in [0, 0.1) is 0 Å². The SMILES string of the molecule is CCOC(=O)[C@@H](C)Oc1ccc(Oc2cnc3c(n2)C=CC(Cl)C3)cc1. The van der Waals surface area contributed by atoms with Gasteiger partial charge in [0.05, 0.1) is 29.6 Å². The second-order valence-corrected chi connectivity index (χ2v) is 6.27. The summed E-state index contributed by atoms with van der Waals surface area (Å²) >= 11 is 6.08. The number of fused-ring (bicyclic) bond motifs is 1. The molecule has 0 fully saturated rings. The molecule has 7 heteroatoms. The van der Waals surface area contributed by atoms with Crippen molar-refractivity contribution in [2.45, 2.75) is 31.7 Å². The average Bonchev–Trinajstić information content (AvgIpc) is 2.63. The van der Waals surface area contributed by atoms with Crippen molar-refractivity contribution in [1.82, 2.24) is 9.97 Å². The molecule has 1 aliphatic rings. The molecule has 2 atom stereocenters. The third kappa shape index (κ3) is 4.52. The van der Waals surface area contributed by atoms with Crippen LogP contribution >= 0.6 is 11.6 Å². The molecule has 0 bridgehead atoms. The van der Waals surface area contributed by atoms with Gasteiger partial charge in [-0.25, -0.2) is 9.78 Å². The zero-order valence-corrected chi connectivity index (χ0v) is 15.3. The molecule has 0 amide bonds. The standard InChI is InChI=1S/C19H19ClN2O4/c1-3-24-19(23)12(2)25-14-5-7-15(8-6-14)26-18-11-21-17-10-13(20)4-9-16(17)22-18/h4-9,11-13H,3,10H2,1-2H3/t12-,13?/m1/s1. The Kier molecular flexibility index (Phi) is 5.73. The van der Waals surface area contributed by atoms with Crippen LogP contribution in [0.15, 0.2) is 36.5 Å². The Hall–Kier alpha value is -2.60. The Labute approximate surface area is 156 Å². The molecule has 1 aromatic carbocycles. The number of halogens is 1. The summed E-state index contributed by atoms with van der Waals surface area (Å²) in [7, 11) is 0. The highest BCUT2D eigenvalue weighted by atomic mass is 35.5. The molecule has 1 unspecified atom stereocenters. The number of benzene rings is 1. The molecular weight excluding hydrogens is 356 g/mol. The summed E-state index contributed by atoms with van der Waals surface area (Å²) in [6.45, 7) is 3.72. The average molecular weight is 375 g/mol. The third-order valence-electron chi connectivity index (χ3n) is 3.69. The Balaban J connectivity index is 1.63. The van der Waals surface area contributed by atoms with Gasteiger partial charge < -0.3 is 14.2 Å². The molecule has 0 saturated heterocycles. The van der Waals surface area contributed by atoms with E-state index in [0.717, 1.165) is 11.4 Å². The predicted octanol–water partition coefficient (Wildman–Crippen LogP) is 3.78. The van der Waals surface area contributed by atoms with Gasteiger partial charge in [-0.15, -0.1) is 11.6 Å². The Morgan fingerprint density at radius 3 is 2.77 bits per heavy atom. The molecule has 1 heterocycles. The molecule has 3 rings (SSSR count). The van der Waals surface area contributed by atoms with Gasteiger partial charge in [-0.1, -0.05) is 6.08 Å². The highest BCUT2D eigenvalue weighted by Crippen LogP contribution is 2.25. The number of esters is 1. The van der Waals surface area contributed by atoms with E-state index < -0.39 is 12.1 Å². The topological polar surface area (TPSA) is 70.5 Å². The number of rotatable bonds is 6. The minimum atomic E-state index is -0.675. The van der Waals surface area contributed by atoms with Crippen LogP contribution in [0.25, 0.3) is 6.08 Å². The number of aromatic nitrogens is 2. The van der Waals surface area contributed by atoms with E-state index in [4.69, 9.17) is 25.8 Å². The molecule has 1 aliphatic carbocycles. The quantitative estimate of drug-likeness (QED) is 0.566. The van der Waals surface area contributed by atoms with Gasteiger partial charge in [0, 0.05) is 6.42 Å². The first-order valence-corrected chi connectivity index (χ1v) is 8.78. The van der Waals surface area contributed by atoms with Gasteiger partial charge in [0.1, 0.15) is 11.5 Å². The fourth-order valence-electron chi connectivity index (χ4n) is 2.42. The Morgan fingerprint density at radius 1 is 1.31 bits per heavy atom. The van der Waals surface area contributed by atoms with Gasteiger partial charge in [-0.2, -0.15) is 0 Å². The summed E-state index contributed by atoms with van der Waals surface area (Å²) in [4.78, 5) is 20.4. The predicted molar refractivity (Wildman–Crippen MR) is 97.7 cm³/mol. The number of carbonyl (C=O) groups is 1. The van der Waals surface area contributed by atoms with Crippen molar-refractivity contribution in [1.29, 1.82) is 0 Å². The van der Waals surface area contributed by atoms with Crippen molar-refractivity contribution in [3.05, 3.63) is 47.9 Å². The van der Waals surface area contributed by atoms with E-state index in [-0.39, 0.29) is 5.38 Å². The van der Waals surface area contributed by atoms with E-state index in [0.29, 0.717) is 30.4 Å². The van der Waals surface area contributed by atoms with Crippen molar-refractivity contribution in [2.24, 2.45) is 0 Å². The first-order chi connectivity index (χ1) is 12.5. The molecule has 0 aliphatic heterocycles. The maximum atomic E-state index is 11.6. The normalized spacial score (nSPS) is 16.5. The number of carbonyl (C=O) groups excluding carboxylic acids is 1. The number of nitrogens with zero attached hydrogens (tertiary/aromatic N) is 2. The fourth-order valence-corrected chi connectivity index (χ4v) is 2.64. The molecule has 0 radical (unpaired) electrons. The lowest BCUT2D eigenvalue weighted by Gasteiger charge is -2.14. The zero-order chi connectivity index (χ0) is 18.5. The van der Waals surface area contributed by atoms with Gasteiger partial charge >= 0.3 is 5.97 Å². The maximum Gasteiger partial charge on any atom is 0.347 e. The van der Waals surface area contributed by atoms with E-state index in [1.165, 1.54) is 0 Å². The minimum Gasteiger partial charge on any atom is -0.479 e. The monoisotopic (exact) mass is 374 g/mol. The van der Waals surface area contributed by atoms with Gasteiger partial charge in [0.2, 0.25) is 5.88 Å². The summed E-state index contributed by atoms with van der Waals surface area (Å²) in [5.74, 6) is 1.13. The molecule has 0 spiro atoms. The summed E-state index contributed by atoms with van der Waals surface area (Å²) in [5, 5.41) is -0.0480. The summed E-state index contributed by atoms with van der Waals surface area (Å²) in [6.07, 6.45) is 5.30. The van der Waals surface area contributed by atoms with E-state index in [9.17, 15) is 4.79 Å². The highest BCUT2D eigenvalue weighted by Gasteiger charge is 2.16. The number of alkyl halides is 1. The van der Waals surface area contributed by atoms with Crippen molar-refractivity contribution in [3.8, 4) is 17.4 Å². The van der Waals surface area contributed by atoms with Crippen LogP contribution in [0.4, 0.5) is 0 Å². The number of ether oxygens (including phenoxy) is 3. The van der Waals surface area contributed by atoms with Crippen LogP contribution in [-0.4, -0.2) is 34.0 Å². The van der Waals surface area contributed by atoms with Crippen molar-refractivity contribution < 1.29 is 19.0 Å². The summed E-state index contributed by atoms with van der Waals surface area (Å²) in [5.41, 5.74) is 1.62. The summed E-state index contributed by atoms with van der Waals surface area (Å²) < 4.78 is 16.2. The second kappa shape index (κ2) is 8.19. The van der Waals surface area contributed by atoms with Crippen LogP contribution in [0.1, 0.15) is 25.2 Å². The lowest BCUT2D eigenvalue weighted by atomic mass is 10.1. The van der Waals surface area contributed by atoms with Gasteiger partial charge in [-0.3, -0.25) is 4.98 Å². The smallest absolute Gasteiger partial charge is 0.347 e. The zero-order valence-electron chi connectivity index (χ0n) is 14.5. The molecule has 6 nitrogen and oxygen atoms in total.